The van der Waals surface area contributed by atoms with Crippen molar-refractivity contribution in [3.05, 3.63) is 48.3 Å². The van der Waals surface area contributed by atoms with Gasteiger partial charge >= 0.3 is 0 Å². The average molecular weight is 327 g/mol. The molecule has 3 rings (SSSR count). The molecule has 1 aliphatic heterocycles. The van der Waals surface area contributed by atoms with Gasteiger partial charge in [-0.15, -0.1) is 0 Å². The highest BCUT2D eigenvalue weighted by Crippen LogP contribution is 2.11. The number of nitrogens with one attached hydrogen (secondary N) is 3. The number of benzene rings is 1. The van der Waals surface area contributed by atoms with Crippen molar-refractivity contribution in [2.75, 3.05) is 6.54 Å². The maximum Gasteiger partial charge on any atom is 0.238 e. The van der Waals surface area contributed by atoms with E-state index in [1.807, 2.05) is 29.1 Å². The Hall–Kier alpha value is -2.18. The van der Waals surface area contributed by atoms with E-state index < -0.39 is 0 Å². The fourth-order valence-electron chi connectivity index (χ4n) is 3.02. The molecule has 1 amide bonds. The van der Waals surface area contributed by atoms with Gasteiger partial charge in [-0.1, -0.05) is 25.5 Å². The second-order valence-corrected chi connectivity index (χ2v) is 6.22. The van der Waals surface area contributed by atoms with E-state index in [1.54, 1.807) is 6.20 Å². The molecule has 3 N–H and O–H groups in total. The lowest BCUT2D eigenvalue weighted by Crippen LogP contribution is -2.43. The van der Waals surface area contributed by atoms with Crippen molar-refractivity contribution in [1.82, 2.24) is 25.9 Å². The summed E-state index contributed by atoms with van der Waals surface area (Å²) < 4.78 is 1.83. The van der Waals surface area contributed by atoms with Gasteiger partial charge in [-0.3, -0.25) is 10.2 Å². The van der Waals surface area contributed by atoms with Gasteiger partial charge in [0, 0.05) is 25.0 Å². The molecule has 0 aliphatic carbocycles. The largest absolute Gasteiger partial charge is 0.354 e. The molecule has 0 bridgehead atoms. The van der Waals surface area contributed by atoms with E-state index in [2.05, 4.69) is 40.3 Å². The maximum absolute atomic E-state index is 12.2. The van der Waals surface area contributed by atoms with Gasteiger partial charge in [0.25, 0.3) is 0 Å². The summed E-state index contributed by atoms with van der Waals surface area (Å²) in [6.07, 6.45) is 7.59. The summed E-state index contributed by atoms with van der Waals surface area (Å²) in [6.45, 7) is 2.81. The van der Waals surface area contributed by atoms with Crippen molar-refractivity contribution in [1.29, 1.82) is 0 Å². The number of amides is 1. The fourth-order valence-corrected chi connectivity index (χ4v) is 3.02. The SMILES string of the molecule is CCCC1CC(C(=O)NCCc2ccc(-n3cccn3)cc2)NN1. The van der Waals surface area contributed by atoms with Crippen LogP contribution in [-0.4, -0.2) is 34.3 Å². The number of hydrazine groups is 1. The molecule has 24 heavy (non-hydrogen) atoms. The van der Waals surface area contributed by atoms with Crippen LogP contribution in [0, 0.1) is 0 Å². The third kappa shape index (κ3) is 4.21. The average Bonchev–Trinajstić information content (AvgIpc) is 3.27. The monoisotopic (exact) mass is 327 g/mol. The smallest absolute Gasteiger partial charge is 0.238 e. The van der Waals surface area contributed by atoms with Crippen LogP contribution in [0.1, 0.15) is 31.7 Å². The Morgan fingerprint density at radius 3 is 2.88 bits per heavy atom. The van der Waals surface area contributed by atoms with E-state index in [1.165, 1.54) is 5.56 Å². The summed E-state index contributed by atoms with van der Waals surface area (Å²) >= 11 is 0. The number of hydrogen-bond donors (Lipinski definition) is 3. The summed E-state index contributed by atoms with van der Waals surface area (Å²) in [5, 5.41) is 7.23. The Balaban J connectivity index is 1.42. The Bertz CT molecular complexity index is 638. The van der Waals surface area contributed by atoms with Crippen LogP contribution >= 0.6 is 0 Å². The van der Waals surface area contributed by atoms with Crippen molar-refractivity contribution < 1.29 is 4.79 Å². The summed E-state index contributed by atoms with van der Waals surface area (Å²) in [7, 11) is 0. The van der Waals surface area contributed by atoms with Gasteiger partial charge in [-0.05, 0) is 43.0 Å². The zero-order chi connectivity index (χ0) is 16.8. The minimum absolute atomic E-state index is 0.0780. The van der Waals surface area contributed by atoms with Gasteiger partial charge in [-0.25, -0.2) is 10.1 Å². The predicted octanol–water partition coefficient (Wildman–Crippen LogP) is 1.57. The van der Waals surface area contributed by atoms with Crippen molar-refractivity contribution in [3.63, 3.8) is 0 Å². The first-order valence-electron chi connectivity index (χ1n) is 8.64. The second kappa shape index (κ2) is 8.08. The number of carbonyl (C=O) groups excluding carboxylic acids is 1. The molecule has 2 aromatic rings. The molecule has 1 aliphatic rings. The van der Waals surface area contributed by atoms with Crippen LogP contribution in [0.3, 0.4) is 0 Å². The Kier molecular flexibility index (Phi) is 5.61. The normalized spacial score (nSPS) is 20.2. The van der Waals surface area contributed by atoms with Gasteiger partial charge in [0.15, 0.2) is 0 Å². The first kappa shape index (κ1) is 16.7. The Labute approximate surface area is 142 Å². The molecule has 2 unspecified atom stereocenters. The molecular weight excluding hydrogens is 302 g/mol. The summed E-state index contributed by atoms with van der Waals surface area (Å²) in [5.41, 5.74) is 8.53. The highest BCUT2D eigenvalue weighted by molar-refractivity contribution is 5.82. The minimum Gasteiger partial charge on any atom is -0.354 e. The Morgan fingerprint density at radius 2 is 2.17 bits per heavy atom. The zero-order valence-corrected chi connectivity index (χ0v) is 14.0. The van der Waals surface area contributed by atoms with E-state index >= 15 is 0 Å². The molecule has 2 heterocycles. The van der Waals surface area contributed by atoms with Gasteiger partial charge in [-0.2, -0.15) is 5.10 Å². The molecule has 6 heteroatoms. The van der Waals surface area contributed by atoms with Crippen LogP contribution in [0.2, 0.25) is 0 Å². The van der Waals surface area contributed by atoms with Crippen LogP contribution in [-0.2, 0) is 11.2 Å². The van der Waals surface area contributed by atoms with Crippen molar-refractivity contribution >= 4 is 5.91 Å². The van der Waals surface area contributed by atoms with Crippen molar-refractivity contribution in [2.24, 2.45) is 0 Å². The molecule has 128 valence electrons. The predicted molar refractivity (Wildman–Crippen MR) is 93.7 cm³/mol. The zero-order valence-electron chi connectivity index (χ0n) is 14.0. The highest BCUT2D eigenvalue weighted by atomic mass is 16.2. The lowest BCUT2D eigenvalue weighted by atomic mass is 10.1. The molecule has 1 aromatic carbocycles. The highest BCUT2D eigenvalue weighted by Gasteiger charge is 2.28. The number of rotatable bonds is 7. The molecule has 2 atom stereocenters. The summed E-state index contributed by atoms with van der Waals surface area (Å²) in [4.78, 5) is 12.2. The molecule has 1 aromatic heterocycles. The van der Waals surface area contributed by atoms with Gasteiger partial charge in [0.05, 0.1) is 5.69 Å². The van der Waals surface area contributed by atoms with Gasteiger partial charge in [0.2, 0.25) is 5.91 Å². The lowest BCUT2D eigenvalue weighted by Gasteiger charge is -2.11. The molecule has 0 spiro atoms. The molecule has 0 saturated carbocycles. The number of hydrogen-bond acceptors (Lipinski definition) is 4. The Morgan fingerprint density at radius 1 is 1.33 bits per heavy atom. The van der Waals surface area contributed by atoms with Crippen LogP contribution in [0.15, 0.2) is 42.7 Å². The van der Waals surface area contributed by atoms with Crippen LogP contribution < -0.4 is 16.2 Å². The third-order valence-electron chi connectivity index (χ3n) is 4.35. The van der Waals surface area contributed by atoms with Gasteiger partial charge in [0.1, 0.15) is 6.04 Å². The van der Waals surface area contributed by atoms with E-state index in [-0.39, 0.29) is 11.9 Å². The number of aromatic nitrogens is 2. The second-order valence-electron chi connectivity index (χ2n) is 6.22. The van der Waals surface area contributed by atoms with Crippen molar-refractivity contribution in [2.45, 2.75) is 44.7 Å². The lowest BCUT2D eigenvalue weighted by molar-refractivity contribution is -0.122. The quantitative estimate of drug-likeness (QED) is 0.722. The maximum atomic E-state index is 12.2. The summed E-state index contributed by atoms with van der Waals surface area (Å²) in [6, 6.07) is 10.4. The number of carbonyl (C=O) groups is 1. The number of nitrogens with zero attached hydrogens (tertiary/aromatic N) is 2. The minimum atomic E-state index is -0.122. The van der Waals surface area contributed by atoms with Crippen LogP contribution in [0.5, 0.6) is 0 Å². The topological polar surface area (TPSA) is 71.0 Å². The van der Waals surface area contributed by atoms with E-state index in [9.17, 15) is 4.79 Å². The van der Waals surface area contributed by atoms with E-state index in [0.29, 0.717) is 12.6 Å². The molecule has 1 saturated heterocycles. The molecular formula is C18H25N5O. The van der Waals surface area contributed by atoms with Crippen molar-refractivity contribution in [3.8, 4) is 5.69 Å². The third-order valence-corrected chi connectivity index (χ3v) is 4.35. The van der Waals surface area contributed by atoms with Crippen LogP contribution in [0.25, 0.3) is 5.69 Å². The fraction of sp³-hybridized carbons (Fsp3) is 0.444. The molecule has 6 nitrogen and oxygen atoms in total. The summed E-state index contributed by atoms with van der Waals surface area (Å²) in [5.74, 6) is 0.0780. The molecule has 1 fully saturated rings. The van der Waals surface area contributed by atoms with E-state index in [0.717, 1.165) is 31.4 Å². The van der Waals surface area contributed by atoms with E-state index in [4.69, 9.17) is 0 Å². The van der Waals surface area contributed by atoms with Crippen LogP contribution in [0.4, 0.5) is 0 Å². The standard InChI is InChI=1S/C18H25N5O/c1-2-4-15-13-17(22-21-15)18(24)19-11-9-14-5-7-16(8-6-14)23-12-3-10-20-23/h3,5-8,10,12,15,17,21-22H,2,4,9,11,13H2,1H3,(H,19,24). The molecule has 0 radical (unpaired) electrons. The first-order valence-corrected chi connectivity index (χ1v) is 8.64. The first-order chi connectivity index (χ1) is 11.8. The van der Waals surface area contributed by atoms with Gasteiger partial charge < -0.3 is 5.32 Å².